The number of hydrogen-bond acceptors (Lipinski definition) is 6. The van der Waals surface area contributed by atoms with E-state index in [1.165, 1.54) is 6.39 Å². The summed E-state index contributed by atoms with van der Waals surface area (Å²) in [5.41, 5.74) is 0.422. The highest BCUT2D eigenvalue weighted by molar-refractivity contribution is 6.03. The number of rotatable bonds is 8. The molecule has 0 spiro atoms. The second-order valence-electron chi connectivity index (χ2n) is 10.5. The highest BCUT2D eigenvalue weighted by Gasteiger charge is 2.60. The van der Waals surface area contributed by atoms with Crippen molar-refractivity contribution in [2.75, 3.05) is 19.6 Å². The number of nitrogens with zero attached hydrogens (tertiary/aromatic N) is 2. The molecule has 1 unspecified atom stereocenters. The third-order valence-corrected chi connectivity index (χ3v) is 7.98. The Morgan fingerprint density at radius 2 is 1.62 bits per heavy atom. The average molecular weight is 596 g/mol. The first kappa shape index (κ1) is 29.8. The summed E-state index contributed by atoms with van der Waals surface area (Å²) < 4.78 is 86.8. The third-order valence-electron chi connectivity index (χ3n) is 7.98. The normalized spacial score (nSPS) is 17.9. The fraction of sp³-hybridized carbons (Fsp3) is 0.379. The number of piperidine rings is 1. The van der Waals surface area contributed by atoms with Crippen LogP contribution in [0.2, 0.25) is 0 Å². The van der Waals surface area contributed by atoms with E-state index in [4.69, 9.17) is 4.42 Å². The zero-order valence-electron chi connectivity index (χ0n) is 22.0. The van der Waals surface area contributed by atoms with E-state index < -0.39 is 68.5 Å². The Hall–Kier alpha value is -3.68. The lowest BCUT2D eigenvalue weighted by atomic mass is 9.75. The van der Waals surface area contributed by atoms with Crippen molar-refractivity contribution in [3.8, 4) is 11.1 Å². The van der Waals surface area contributed by atoms with Gasteiger partial charge in [0.2, 0.25) is 0 Å². The first-order valence-electron chi connectivity index (χ1n) is 13.1. The van der Waals surface area contributed by atoms with Gasteiger partial charge in [-0.2, -0.15) is 26.3 Å². The van der Waals surface area contributed by atoms with Gasteiger partial charge in [-0.25, -0.2) is 4.98 Å². The summed E-state index contributed by atoms with van der Waals surface area (Å²) in [5, 5.41) is 24.4. The topological polar surface area (TPSA) is 98.8 Å². The van der Waals surface area contributed by atoms with Crippen LogP contribution in [0.15, 0.2) is 65.4 Å². The number of aliphatic carboxylic acids is 1. The van der Waals surface area contributed by atoms with E-state index in [1.54, 1.807) is 30.3 Å². The van der Waals surface area contributed by atoms with Crippen LogP contribution in [-0.2, 0) is 11.2 Å². The monoisotopic (exact) mass is 595 g/mol. The molecule has 1 aromatic heterocycles. The molecule has 0 saturated carbocycles. The molecule has 4 aromatic rings. The van der Waals surface area contributed by atoms with E-state index in [-0.39, 0.29) is 6.42 Å². The second kappa shape index (κ2) is 11.2. The first-order chi connectivity index (χ1) is 19.8. The van der Waals surface area contributed by atoms with Gasteiger partial charge >= 0.3 is 18.3 Å². The van der Waals surface area contributed by atoms with Crippen LogP contribution in [-0.4, -0.2) is 70.3 Å². The maximum Gasteiger partial charge on any atom is 0.401 e. The number of carbonyl (C=O) groups is 1. The van der Waals surface area contributed by atoms with E-state index in [0.29, 0.717) is 22.0 Å². The van der Waals surface area contributed by atoms with Crippen LogP contribution in [0, 0.1) is 5.41 Å². The Bertz CT molecular complexity index is 1580. The molecule has 13 heteroatoms. The van der Waals surface area contributed by atoms with E-state index >= 15 is 0 Å². The molecule has 7 nitrogen and oxygen atoms in total. The van der Waals surface area contributed by atoms with Gasteiger partial charge in [0.15, 0.2) is 12.0 Å². The second-order valence-corrected chi connectivity index (χ2v) is 10.5. The number of carboxylic acid groups (broad SMARTS) is 1. The van der Waals surface area contributed by atoms with Crippen LogP contribution < -0.4 is 5.32 Å². The number of halogens is 6. The number of fused-ring (bicyclic) bond motifs is 2. The molecule has 5 rings (SSSR count). The predicted octanol–water partition coefficient (Wildman–Crippen LogP) is 5.76. The average Bonchev–Trinajstić information content (AvgIpc) is 3.41. The molecule has 3 aromatic carbocycles. The third kappa shape index (κ3) is 5.81. The summed E-state index contributed by atoms with van der Waals surface area (Å²) in [6.07, 6.45) is -12.5. The van der Waals surface area contributed by atoms with Crippen LogP contribution in [0.5, 0.6) is 0 Å². The number of oxazole rings is 1. The molecule has 0 amide bonds. The summed E-state index contributed by atoms with van der Waals surface area (Å²) >= 11 is 0. The van der Waals surface area contributed by atoms with E-state index in [9.17, 15) is 41.4 Å². The number of nitrogens with one attached hydrogen (secondary N) is 1. The van der Waals surface area contributed by atoms with Crippen molar-refractivity contribution in [2.45, 2.75) is 43.9 Å². The van der Waals surface area contributed by atoms with Gasteiger partial charge in [0.25, 0.3) is 0 Å². The number of alkyl halides is 6. The number of hydrogen-bond donors (Lipinski definition) is 3. The van der Waals surface area contributed by atoms with Gasteiger partial charge in [0.1, 0.15) is 23.2 Å². The zero-order chi connectivity index (χ0) is 30.3. The van der Waals surface area contributed by atoms with Crippen LogP contribution in [0.1, 0.15) is 18.4 Å². The standard InChI is InChI=1S/C29H27F6N3O4/c30-28(31,32)15-38-12-10-27(11-13-38,29(33,34)35)26(41)37-23(25(39)40)14-17-4-1-6-19-18(17)5-2-7-20(19)21-8-3-9-22-24(21)42-16-36-22/h1-9,16,23,26,37,41H,10-15H2,(H,39,40)/t23-,26?/m0/s1. The quantitative estimate of drug-likeness (QED) is 0.176. The minimum Gasteiger partial charge on any atom is -0.480 e. The molecule has 0 aliphatic carbocycles. The summed E-state index contributed by atoms with van der Waals surface area (Å²) in [6, 6.07) is 14.4. The Morgan fingerprint density at radius 1 is 0.976 bits per heavy atom. The Morgan fingerprint density at radius 3 is 2.29 bits per heavy atom. The first-order valence-corrected chi connectivity index (χ1v) is 13.1. The maximum absolute atomic E-state index is 14.3. The summed E-state index contributed by atoms with van der Waals surface area (Å²) in [4.78, 5) is 17.2. The Balaban J connectivity index is 1.42. The minimum absolute atomic E-state index is 0.270. The van der Waals surface area contributed by atoms with Crippen LogP contribution in [0.3, 0.4) is 0 Å². The van der Waals surface area contributed by atoms with E-state index in [2.05, 4.69) is 10.3 Å². The molecule has 1 aliphatic rings. The number of likely N-dealkylation sites (tertiary alicyclic amines) is 1. The van der Waals surface area contributed by atoms with Gasteiger partial charge in [-0.05, 0) is 60.3 Å². The van der Waals surface area contributed by atoms with Gasteiger partial charge in [0.05, 0.1) is 6.54 Å². The number of aromatic nitrogens is 1. The van der Waals surface area contributed by atoms with Gasteiger partial charge in [-0.15, -0.1) is 0 Å². The van der Waals surface area contributed by atoms with Crippen LogP contribution >= 0.6 is 0 Å². The molecule has 224 valence electrons. The van der Waals surface area contributed by atoms with Crippen LogP contribution in [0.25, 0.3) is 33.0 Å². The summed E-state index contributed by atoms with van der Waals surface area (Å²) in [5.74, 6) is -1.49. The summed E-state index contributed by atoms with van der Waals surface area (Å²) in [7, 11) is 0. The molecule has 3 N–H and O–H groups in total. The fourth-order valence-electron chi connectivity index (χ4n) is 5.75. The van der Waals surface area contributed by atoms with E-state index in [1.807, 2.05) is 24.3 Å². The maximum atomic E-state index is 14.3. The molecule has 1 saturated heterocycles. The number of benzene rings is 3. The van der Waals surface area contributed by atoms with Crippen molar-refractivity contribution in [2.24, 2.45) is 5.41 Å². The van der Waals surface area contributed by atoms with Crippen molar-refractivity contribution in [1.29, 1.82) is 0 Å². The zero-order valence-corrected chi connectivity index (χ0v) is 22.0. The van der Waals surface area contributed by atoms with E-state index in [0.717, 1.165) is 21.4 Å². The number of carboxylic acids is 1. The molecule has 1 fully saturated rings. The van der Waals surface area contributed by atoms with Gasteiger partial charge in [-0.3, -0.25) is 15.0 Å². The predicted molar refractivity (Wildman–Crippen MR) is 141 cm³/mol. The lowest BCUT2D eigenvalue weighted by Crippen LogP contribution is -2.61. The Kier molecular flexibility index (Phi) is 7.94. The fourth-order valence-corrected chi connectivity index (χ4v) is 5.75. The lowest BCUT2D eigenvalue weighted by Gasteiger charge is -2.46. The molecule has 2 atom stereocenters. The Labute approximate surface area is 235 Å². The molecular weight excluding hydrogens is 568 g/mol. The highest BCUT2D eigenvalue weighted by Crippen LogP contribution is 2.48. The number of para-hydroxylation sites is 1. The van der Waals surface area contributed by atoms with Crippen molar-refractivity contribution in [3.63, 3.8) is 0 Å². The van der Waals surface area contributed by atoms with Crippen molar-refractivity contribution < 1.29 is 45.8 Å². The summed E-state index contributed by atoms with van der Waals surface area (Å²) in [6.45, 7) is -2.48. The molecule has 0 bridgehead atoms. The highest BCUT2D eigenvalue weighted by atomic mass is 19.4. The number of aliphatic hydroxyl groups is 1. The largest absolute Gasteiger partial charge is 0.480 e. The van der Waals surface area contributed by atoms with Crippen molar-refractivity contribution in [3.05, 3.63) is 66.6 Å². The molecule has 1 aliphatic heterocycles. The molecule has 42 heavy (non-hydrogen) atoms. The molecular formula is C29H27F6N3O4. The number of aliphatic hydroxyl groups excluding tert-OH is 1. The lowest BCUT2D eigenvalue weighted by molar-refractivity contribution is -0.276. The van der Waals surface area contributed by atoms with Crippen molar-refractivity contribution in [1.82, 2.24) is 15.2 Å². The smallest absolute Gasteiger partial charge is 0.401 e. The molecule has 0 radical (unpaired) electrons. The van der Waals surface area contributed by atoms with Gasteiger partial charge in [-0.1, -0.05) is 48.5 Å². The minimum atomic E-state index is -5.00. The SMILES string of the molecule is O=C(O)[C@H](Cc1cccc2c(-c3cccc4ncoc34)cccc12)NC(O)C1(C(F)(F)F)CCN(CC(F)(F)F)CC1. The van der Waals surface area contributed by atoms with Crippen LogP contribution in [0.4, 0.5) is 26.3 Å². The van der Waals surface area contributed by atoms with Crippen molar-refractivity contribution >= 4 is 27.8 Å². The molecule has 2 heterocycles. The van der Waals surface area contributed by atoms with Gasteiger partial charge < -0.3 is 14.6 Å². The van der Waals surface area contributed by atoms with Gasteiger partial charge in [0, 0.05) is 5.56 Å².